The van der Waals surface area contributed by atoms with Crippen molar-refractivity contribution in [2.24, 2.45) is 11.0 Å². The fraction of sp³-hybridized carbons (Fsp3) is 0.889. The second kappa shape index (κ2) is 2.84. The van der Waals surface area contributed by atoms with Crippen LogP contribution >= 0.6 is 0 Å². The molecule has 0 saturated heterocycles. The highest BCUT2D eigenvalue weighted by molar-refractivity contribution is 5.63. The highest BCUT2D eigenvalue weighted by Crippen LogP contribution is 2.30. The van der Waals surface area contributed by atoms with E-state index in [2.05, 4.69) is 23.2 Å². The van der Waals surface area contributed by atoms with Gasteiger partial charge in [-0.1, -0.05) is 12.8 Å². The Morgan fingerprint density at radius 1 is 1.45 bits per heavy atom. The number of nitrogens with zero attached hydrogens (tertiary/aromatic N) is 2. The molecular formula is C9H16N2. The Kier molecular flexibility index (Phi) is 1.84. The number of rotatable bonds is 1. The van der Waals surface area contributed by atoms with Gasteiger partial charge in [0, 0.05) is 18.7 Å². The lowest BCUT2D eigenvalue weighted by Gasteiger charge is -2.30. The second-order valence-corrected chi connectivity index (χ2v) is 3.54. The highest BCUT2D eigenvalue weighted by atomic mass is 15.5. The molecule has 11 heavy (non-hydrogen) atoms. The van der Waals surface area contributed by atoms with Gasteiger partial charge in [0.05, 0.1) is 6.04 Å². The molecule has 0 bridgehead atoms. The predicted octanol–water partition coefficient (Wildman–Crippen LogP) is 1.87. The fourth-order valence-electron chi connectivity index (χ4n) is 2.26. The van der Waals surface area contributed by atoms with Gasteiger partial charge in [-0.2, -0.15) is 5.10 Å². The van der Waals surface area contributed by atoms with E-state index < -0.39 is 0 Å². The third kappa shape index (κ3) is 1.15. The Bertz CT molecular complexity index is 157. The quantitative estimate of drug-likeness (QED) is 0.560. The van der Waals surface area contributed by atoms with Gasteiger partial charge in [-0.15, -0.1) is 0 Å². The maximum absolute atomic E-state index is 4.41. The summed E-state index contributed by atoms with van der Waals surface area (Å²) in [5, 5.41) is 6.66. The molecule has 2 atom stereocenters. The molecule has 1 heterocycles. The zero-order valence-electron chi connectivity index (χ0n) is 7.16. The SMILES string of the molecule is CCN1N=CC2CCCCC21. The Hall–Kier alpha value is -0.530. The van der Waals surface area contributed by atoms with Crippen LogP contribution in [0.3, 0.4) is 0 Å². The lowest BCUT2D eigenvalue weighted by Crippen LogP contribution is -2.34. The van der Waals surface area contributed by atoms with Gasteiger partial charge in [0.1, 0.15) is 0 Å². The monoisotopic (exact) mass is 152 g/mol. The minimum Gasteiger partial charge on any atom is -0.294 e. The number of hydrogen-bond acceptors (Lipinski definition) is 2. The van der Waals surface area contributed by atoms with Gasteiger partial charge >= 0.3 is 0 Å². The summed E-state index contributed by atoms with van der Waals surface area (Å²) in [7, 11) is 0. The molecule has 1 saturated carbocycles. The summed E-state index contributed by atoms with van der Waals surface area (Å²) in [6.07, 6.45) is 7.70. The molecule has 62 valence electrons. The first kappa shape index (κ1) is 7.14. The van der Waals surface area contributed by atoms with Crippen molar-refractivity contribution < 1.29 is 0 Å². The van der Waals surface area contributed by atoms with Crippen LogP contribution in [0, 0.1) is 5.92 Å². The van der Waals surface area contributed by atoms with Crippen molar-refractivity contribution in [2.45, 2.75) is 38.6 Å². The van der Waals surface area contributed by atoms with Crippen LogP contribution in [0.1, 0.15) is 32.6 Å². The van der Waals surface area contributed by atoms with E-state index >= 15 is 0 Å². The van der Waals surface area contributed by atoms with E-state index in [1.165, 1.54) is 25.7 Å². The molecule has 2 rings (SSSR count). The van der Waals surface area contributed by atoms with Crippen LogP contribution in [0.4, 0.5) is 0 Å². The largest absolute Gasteiger partial charge is 0.294 e. The molecule has 0 aromatic rings. The Balaban J connectivity index is 2.03. The highest BCUT2D eigenvalue weighted by Gasteiger charge is 2.31. The van der Waals surface area contributed by atoms with Crippen LogP contribution in [-0.2, 0) is 0 Å². The van der Waals surface area contributed by atoms with E-state index in [0.717, 1.165) is 18.5 Å². The van der Waals surface area contributed by atoms with Crippen molar-refractivity contribution in [1.82, 2.24) is 5.01 Å². The number of fused-ring (bicyclic) bond motifs is 1. The normalized spacial score (nSPS) is 35.9. The van der Waals surface area contributed by atoms with Crippen LogP contribution in [0.15, 0.2) is 5.10 Å². The van der Waals surface area contributed by atoms with Crippen molar-refractivity contribution in [3.8, 4) is 0 Å². The van der Waals surface area contributed by atoms with E-state index in [0.29, 0.717) is 0 Å². The van der Waals surface area contributed by atoms with Gasteiger partial charge in [-0.05, 0) is 19.8 Å². The van der Waals surface area contributed by atoms with E-state index in [1.807, 2.05) is 0 Å². The molecule has 1 aliphatic heterocycles. The van der Waals surface area contributed by atoms with Crippen molar-refractivity contribution in [3.63, 3.8) is 0 Å². The molecule has 1 fully saturated rings. The lowest BCUT2D eigenvalue weighted by atomic mass is 9.86. The Morgan fingerprint density at radius 3 is 3.09 bits per heavy atom. The Morgan fingerprint density at radius 2 is 2.27 bits per heavy atom. The second-order valence-electron chi connectivity index (χ2n) is 3.54. The third-order valence-electron chi connectivity index (χ3n) is 2.89. The van der Waals surface area contributed by atoms with Gasteiger partial charge in [0.25, 0.3) is 0 Å². The van der Waals surface area contributed by atoms with Gasteiger partial charge in [0.15, 0.2) is 0 Å². The third-order valence-corrected chi connectivity index (χ3v) is 2.89. The summed E-state index contributed by atoms with van der Waals surface area (Å²) in [4.78, 5) is 0. The maximum atomic E-state index is 4.41. The summed E-state index contributed by atoms with van der Waals surface area (Å²) >= 11 is 0. The first-order valence-electron chi connectivity index (χ1n) is 4.72. The molecule has 2 aliphatic rings. The molecule has 0 spiro atoms. The molecule has 0 amide bonds. The van der Waals surface area contributed by atoms with Crippen LogP contribution < -0.4 is 0 Å². The standard InChI is InChI=1S/C9H16N2/c1-2-11-9-6-4-3-5-8(9)7-10-11/h7-9H,2-6H2,1H3. The minimum atomic E-state index is 0.758. The minimum absolute atomic E-state index is 0.758. The first-order chi connectivity index (χ1) is 5.42. The van der Waals surface area contributed by atoms with Crippen LogP contribution in [0.2, 0.25) is 0 Å². The smallest absolute Gasteiger partial charge is 0.0548 e. The van der Waals surface area contributed by atoms with Crippen LogP contribution in [0.5, 0.6) is 0 Å². The molecule has 2 nitrogen and oxygen atoms in total. The zero-order chi connectivity index (χ0) is 7.68. The maximum Gasteiger partial charge on any atom is 0.0548 e. The Labute approximate surface area is 68.3 Å². The molecule has 0 aromatic carbocycles. The lowest BCUT2D eigenvalue weighted by molar-refractivity contribution is 0.171. The number of hydrazone groups is 1. The van der Waals surface area contributed by atoms with Crippen molar-refractivity contribution in [1.29, 1.82) is 0 Å². The molecular weight excluding hydrogens is 136 g/mol. The van der Waals surface area contributed by atoms with E-state index in [9.17, 15) is 0 Å². The molecule has 2 unspecified atom stereocenters. The van der Waals surface area contributed by atoms with Gasteiger partial charge in [0.2, 0.25) is 0 Å². The van der Waals surface area contributed by atoms with Crippen molar-refractivity contribution in [3.05, 3.63) is 0 Å². The molecule has 1 aliphatic carbocycles. The molecule has 0 aromatic heterocycles. The molecule has 2 heteroatoms. The van der Waals surface area contributed by atoms with Crippen LogP contribution in [-0.4, -0.2) is 23.8 Å². The average Bonchev–Trinajstić information content (AvgIpc) is 2.47. The van der Waals surface area contributed by atoms with E-state index in [1.54, 1.807) is 0 Å². The van der Waals surface area contributed by atoms with Crippen molar-refractivity contribution in [2.75, 3.05) is 6.54 Å². The van der Waals surface area contributed by atoms with E-state index in [-0.39, 0.29) is 0 Å². The zero-order valence-corrected chi connectivity index (χ0v) is 7.16. The summed E-state index contributed by atoms with van der Waals surface area (Å²) in [5.74, 6) is 0.781. The number of hydrogen-bond donors (Lipinski definition) is 0. The molecule has 0 radical (unpaired) electrons. The predicted molar refractivity (Wildman–Crippen MR) is 46.6 cm³/mol. The van der Waals surface area contributed by atoms with Crippen molar-refractivity contribution >= 4 is 6.21 Å². The van der Waals surface area contributed by atoms with Gasteiger partial charge in [-0.3, -0.25) is 5.01 Å². The topological polar surface area (TPSA) is 15.6 Å². The summed E-state index contributed by atoms with van der Waals surface area (Å²) in [5.41, 5.74) is 0. The summed E-state index contributed by atoms with van der Waals surface area (Å²) < 4.78 is 0. The molecule has 0 N–H and O–H groups in total. The summed E-state index contributed by atoms with van der Waals surface area (Å²) in [6, 6.07) is 0.758. The average molecular weight is 152 g/mol. The fourth-order valence-corrected chi connectivity index (χ4v) is 2.26. The summed E-state index contributed by atoms with van der Waals surface area (Å²) in [6.45, 7) is 3.27. The van der Waals surface area contributed by atoms with Gasteiger partial charge in [-0.25, -0.2) is 0 Å². The first-order valence-corrected chi connectivity index (χ1v) is 4.72. The van der Waals surface area contributed by atoms with E-state index in [4.69, 9.17) is 0 Å². The van der Waals surface area contributed by atoms with Gasteiger partial charge < -0.3 is 0 Å². The van der Waals surface area contributed by atoms with Crippen LogP contribution in [0.25, 0.3) is 0 Å².